The molecule has 0 aliphatic heterocycles. The van der Waals surface area contributed by atoms with Crippen LogP contribution in [0.25, 0.3) is 45.1 Å². The van der Waals surface area contributed by atoms with Crippen LogP contribution < -0.4 is 9.47 Å². The van der Waals surface area contributed by atoms with Crippen LogP contribution in [0.15, 0.2) is 104 Å². The highest BCUT2D eigenvalue weighted by atomic mass is 32.2. The quantitative estimate of drug-likeness (QED) is 0.174. The van der Waals surface area contributed by atoms with Crippen LogP contribution in [-0.4, -0.2) is 30.3 Å². The lowest BCUT2D eigenvalue weighted by Crippen LogP contribution is -2.01. The van der Waals surface area contributed by atoms with Gasteiger partial charge in [0.2, 0.25) is 21.6 Å². The van der Waals surface area contributed by atoms with Crippen LogP contribution in [0.3, 0.4) is 0 Å². The molecule has 0 unspecified atom stereocenters. The third-order valence-corrected chi connectivity index (χ3v) is 7.81. The second-order valence-electron chi connectivity index (χ2n) is 9.04. The number of esters is 2. The third kappa shape index (κ3) is 5.18. The molecule has 0 aliphatic carbocycles. The lowest BCUT2D eigenvalue weighted by atomic mass is 10.2. The Morgan fingerprint density at radius 3 is 1.37 bits per heavy atom. The van der Waals surface area contributed by atoms with Crippen molar-refractivity contribution >= 4 is 44.0 Å². The van der Waals surface area contributed by atoms with Crippen molar-refractivity contribution < 1.29 is 36.3 Å². The van der Waals surface area contributed by atoms with E-state index < -0.39 is 21.8 Å². The summed E-state index contributed by atoms with van der Waals surface area (Å²) in [7, 11) is -3.93. The molecule has 11 heteroatoms. The van der Waals surface area contributed by atoms with E-state index in [1.54, 1.807) is 60.7 Å². The largest absolute Gasteiger partial charge is 0.436 e. The highest BCUT2D eigenvalue weighted by Gasteiger charge is 2.21. The van der Waals surface area contributed by atoms with Gasteiger partial charge in [-0.05, 0) is 84.9 Å². The second kappa shape index (κ2) is 10.0. The molecule has 2 aromatic heterocycles. The lowest BCUT2D eigenvalue weighted by molar-refractivity contribution is -0.132. The maximum absolute atomic E-state index is 13.5. The molecule has 0 bridgehead atoms. The Kier molecular flexibility index (Phi) is 6.35. The molecule has 0 amide bonds. The van der Waals surface area contributed by atoms with Crippen LogP contribution in [0, 0.1) is 0 Å². The van der Waals surface area contributed by atoms with Crippen LogP contribution in [-0.2, 0) is 19.4 Å². The van der Waals surface area contributed by atoms with Crippen molar-refractivity contribution in [2.75, 3.05) is 0 Å². The summed E-state index contributed by atoms with van der Waals surface area (Å²) in [4.78, 5) is 31.3. The van der Waals surface area contributed by atoms with E-state index in [0.29, 0.717) is 56.6 Å². The molecule has 4 aromatic carbocycles. The van der Waals surface area contributed by atoms with Crippen LogP contribution in [0.2, 0.25) is 0 Å². The van der Waals surface area contributed by atoms with Crippen LogP contribution in [0.4, 0.5) is 0 Å². The number of hydrogen-bond acceptors (Lipinski definition) is 10. The number of nitrogens with zero attached hydrogens (tertiary/aromatic N) is 2. The number of aromatic nitrogens is 2. The van der Waals surface area contributed by atoms with Crippen LogP contribution in [0.1, 0.15) is 13.8 Å². The lowest BCUT2D eigenvalue weighted by Gasteiger charge is -2.04. The number of oxazole rings is 2. The van der Waals surface area contributed by atoms with E-state index in [4.69, 9.17) is 18.3 Å². The number of sulfone groups is 1. The zero-order valence-corrected chi connectivity index (χ0v) is 22.5. The van der Waals surface area contributed by atoms with Crippen LogP contribution >= 0.6 is 0 Å². The first-order valence-corrected chi connectivity index (χ1v) is 13.8. The first-order chi connectivity index (χ1) is 19.7. The minimum absolute atomic E-state index is 0.0409. The standard InChI is InChI=1S/C30H20N2O8S/c1-17(33)37-21-7-3-19(4-8-21)29-31-25-15-23(11-13-27(25)39-29)41(35,36)24-12-14-28-26(16-24)32-30(40-28)20-5-9-22(10-6-20)38-18(2)34/h3-16H,1-2H3. The summed E-state index contributed by atoms with van der Waals surface area (Å²) in [6, 6.07) is 22.2. The monoisotopic (exact) mass is 568 g/mol. The Morgan fingerprint density at radius 1 is 0.610 bits per heavy atom. The van der Waals surface area contributed by atoms with Gasteiger partial charge in [0, 0.05) is 25.0 Å². The summed E-state index contributed by atoms with van der Waals surface area (Å²) >= 11 is 0. The van der Waals surface area contributed by atoms with E-state index in [1.165, 1.54) is 38.1 Å². The van der Waals surface area contributed by atoms with Crippen molar-refractivity contribution in [1.82, 2.24) is 9.97 Å². The molecular weight excluding hydrogens is 548 g/mol. The van der Waals surface area contributed by atoms with Gasteiger partial charge in [-0.15, -0.1) is 0 Å². The van der Waals surface area contributed by atoms with E-state index in [0.717, 1.165) is 0 Å². The zero-order chi connectivity index (χ0) is 28.7. The molecule has 41 heavy (non-hydrogen) atoms. The van der Waals surface area contributed by atoms with Gasteiger partial charge in [-0.1, -0.05) is 0 Å². The van der Waals surface area contributed by atoms with Gasteiger partial charge in [-0.3, -0.25) is 9.59 Å². The first-order valence-electron chi connectivity index (χ1n) is 12.3. The fraction of sp³-hybridized carbons (Fsp3) is 0.0667. The smallest absolute Gasteiger partial charge is 0.308 e. The maximum Gasteiger partial charge on any atom is 0.308 e. The minimum atomic E-state index is -3.93. The molecule has 10 nitrogen and oxygen atoms in total. The van der Waals surface area contributed by atoms with Gasteiger partial charge >= 0.3 is 11.9 Å². The Morgan fingerprint density at radius 2 is 1.00 bits per heavy atom. The van der Waals surface area contributed by atoms with Gasteiger partial charge in [0.05, 0.1) is 9.79 Å². The average Bonchev–Trinajstić information content (AvgIpc) is 3.57. The van der Waals surface area contributed by atoms with E-state index in [-0.39, 0.29) is 9.79 Å². The number of carbonyl (C=O) groups excluding carboxylic acids is 2. The highest BCUT2D eigenvalue weighted by molar-refractivity contribution is 7.91. The SMILES string of the molecule is CC(=O)Oc1ccc(-c2nc3cc(S(=O)(=O)c4ccc5oc(-c6ccc(OC(C)=O)cc6)nc5c4)ccc3o2)cc1. The number of benzene rings is 4. The van der Waals surface area contributed by atoms with Crippen molar-refractivity contribution in [3.8, 4) is 34.4 Å². The summed E-state index contributed by atoms with van der Waals surface area (Å²) in [5, 5.41) is 0. The summed E-state index contributed by atoms with van der Waals surface area (Å²) in [6.07, 6.45) is 0. The number of carbonyl (C=O) groups is 2. The van der Waals surface area contributed by atoms with Crippen molar-refractivity contribution in [2.24, 2.45) is 0 Å². The fourth-order valence-corrected chi connectivity index (χ4v) is 5.49. The Hall–Kier alpha value is -5.29. The molecule has 2 heterocycles. The molecule has 6 rings (SSSR count). The first kappa shape index (κ1) is 26.0. The van der Waals surface area contributed by atoms with Gasteiger partial charge in [0.15, 0.2) is 11.2 Å². The number of ether oxygens (including phenoxy) is 2. The number of hydrogen-bond donors (Lipinski definition) is 0. The molecule has 0 saturated heterocycles. The topological polar surface area (TPSA) is 139 Å². The maximum atomic E-state index is 13.5. The molecule has 0 atom stereocenters. The van der Waals surface area contributed by atoms with E-state index >= 15 is 0 Å². The highest BCUT2D eigenvalue weighted by Crippen LogP contribution is 2.32. The molecule has 0 fully saturated rings. The Bertz CT molecular complexity index is 1910. The van der Waals surface area contributed by atoms with Gasteiger partial charge in [0.1, 0.15) is 22.5 Å². The van der Waals surface area contributed by atoms with E-state index in [9.17, 15) is 18.0 Å². The third-order valence-electron chi connectivity index (χ3n) is 6.06. The average molecular weight is 569 g/mol. The van der Waals surface area contributed by atoms with Crippen molar-refractivity contribution in [2.45, 2.75) is 23.6 Å². The molecule has 6 aromatic rings. The van der Waals surface area contributed by atoms with Crippen LogP contribution in [0.5, 0.6) is 11.5 Å². The Labute approximate surface area is 233 Å². The molecule has 0 aliphatic rings. The molecule has 0 N–H and O–H groups in total. The Balaban J connectivity index is 1.28. The second-order valence-corrected chi connectivity index (χ2v) is 11.0. The van der Waals surface area contributed by atoms with Gasteiger partial charge in [-0.2, -0.15) is 0 Å². The number of rotatable bonds is 6. The van der Waals surface area contributed by atoms with Gasteiger partial charge in [0.25, 0.3) is 0 Å². The molecule has 204 valence electrons. The fourth-order valence-electron chi connectivity index (χ4n) is 4.19. The molecule has 0 spiro atoms. The molecule has 0 radical (unpaired) electrons. The summed E-state index contributed by atoms with van der Waals surface area (Å²) < 4.78 is 48.8. The van der Waals surface area contributed by atoms with Gasteiger partial charge < -0.3 is 18.3 Å². The minimum Gasteiger partial charge on any atom is -0.436 e. The predicted octanol–water partition coefficient (Wildman–Crippen LogP) is 5.99. The van der Waals surface area contributed by atoms with Crippen molar-refractivity contribution in [1.29, 1.82) is 0 Å². The summed E-state index contributed by atoms with van der Waals surface area (Å²) in [5.41, 5.74) is 2.84. The molecule has 0 saturated carbocycles. The summed E-state index contributed by atoms with van der Waals surface area (Å²) in [5.74, 6) is 0.508. The number of fused-ring (bicyclic) bond motifs is 2. The van der Waals surface area contributed by atoms with Crippen molar-refractivity contribution in [3.63, 3.8) is 0 Å². The van der Waals surface area contributed by atoms with E-state index in [1.807, 2.05) is 0 Å². The van der Waals surface area contributed by atoms with E-state index in [2.05, 4.69) is 9.97 Å². The van der Waals surface area contributed by atoms with Crippen molar-refractivity contribution in [3.05, 3.63) is 84.9 Å². The van der Waals surface area contributed by atoms with Gasteiger partial charge in [-0.25, -0.2) is 18.4 Å². The predicted molar refractivity (Wildman–Crippen MR) is 147 cm³/mol. The molecular formula is C30H20N2O8S. The summed E-state index contributed by atoms with van der Waals surface area (Å²) in [6.45, 7) is 2.63. The zero-order valence-electron chi connectivity index (χ0n) is 21.7. The normalized spacial score (nSPS) is 11.6.